The molecule has 2 aromatic heterocycles. The number of amidine groups is 1. The third-order valence-electron chi connectivity index (χ3n) is 2.05. The lowest BCUT2D eigenvalue weighted by atomic mass is 10.2. The Labute approximate surface area is 86.0 Å². The van der Waals surface area contributed by atoms with E-state index in [1.165, 1.54) is 0 Å². The first-order valence-corrected chi connectivity index (χ1v) is 4.48. The number of hydrogen-bond donors (Lipinski definition) is 2. The van der Waals surface area contributed by atoms with Crippen LogP contribution < -0.4 is 5.73 Å². The summed E-state index contributed by atoms with van der Waals surface area (Å²) in [6.45, 7) is 1.82. The predicted molar refractivity (Wildman–Crippen MR) is 54.8 cm³/mol. The summed E-state index contributed by atoms with van der Waals surface area (Å²) in [6.07, 6.45) is 2.17. The molecular weight excluding hydrogens is 194 g/mol. The molecule has 0 aliphatic carbocycles. The van der Waals surface area contributed by atoms with E-state index in [1.54, 1.807) is 4.52 Å². The summed E-state index contributed by atoms with van der Waals surface area (Å²) in [7, 11) is 0. The van der Waals surface area contributed by atoms with Gasteiger partial charge in [-0.25, -0.2) is 9.50 Å². The fourth-order valence-electron chi connectivity index (χ4n) is 1.44. The average Bonchev–Trinajstić information content (AvgIpc) is 2.59. The van der Waals surface area contributed by atoms with Crippen molar-refractivity contribution in [3.63, 3.8) is 0 Å². The van der Waals surface area contributed by atoms with E-state index in [-0.39, 0.29) is 5.84 Å². The molecule has 6 nitrogen and oxygen atoms in total. The summed E-state index contributed by atoms with van der Waals surface area (Å²) in [4.78, 5) is 4.26. The Balaban J connectivity index is 2.50. The van der Waals surface area contributed by atoms with Crippen LogP contribution in [0.25, 0.3) is 5.65 Å². The van der Waals surface area contributed by atoms with Crippen molar-refractivity contribution < 1.29 is 5.21 Å². The summed E-state index contributed by atoms with van der Waals surface area (Å²) >= 11 is 0. The van der Waals surface area contributed by atoms with E-state index in [0.29, 0.717) is 12.2 Å². The Kier molecular flexibility index (Phi) is 2.24. The van der Waals surface area contributed by atoms with E-state index in [4.69, 9.17) is 10.9 Å². The van der Waals surface area contributed by atoms with Crippen LogP contribution in [0.15, 0.2) is 23.5 Å². The lowest BCUT2D eigenvalue weighted by Gasteiger charge is -2.00. The Bertz CT molecular complexity index is 516. The van der Waals surface area contributed by atoms with Gasteiger partial charge in [0, 0.05) is 18.2 Å². The van der Waals surface area contributed by atoms with Crippen LogP contribution in [0, 0.1) is 6.92 Å². The van der Waals surface area contributed by atoms with Gasteiger partial charge in [0.1, 0.15) is 11.7 Å². The SMILES string of the molecule is Cc1nc2c(C/C(N)=N/O)cccn2n1. The largest absolute Gasteiger partial charge is 0.409 e. The zero-order valence-electron chi connectivity index (χ0n) is 8.25. The van der Waals surface area contributed by atoms with Crippen LogP contribution >= 0.6 is 0 Å². The van der Waals surface area contributed by atoms with Gasteiger partial charge in [0.05, 0.1) is 0 Å². The minimum Gasteiger partial charge on any atom is -0.409 e. The van der Waals surface area contributed by atoms with Gasteiger partial charge in [-0.1, -0.05) is 11.2 Å². The normalized spacial score (nSPS) is 12.2. The van der Waals surface area contributed by atoms with Crippen LogP contribution in [0.4, 0.5) is 0 Å². The number of pyridine rings is 1. The minimum absolute atomic E-state index is 0.156. The number of aryl methyl sites for hydroxylation is 1. The molecule has 0 fully saturated rings. The first-order chi connectivity index (χ1) is 7.20. The monoisotopic (exact) mass is 205 g/mol. The van der Waals surface area contributed by atoms with Crippen LogP contribution in [0.3, 0.4) is 0 Å². The second-order valence-corrected chi connectivity index (χ2v) is 3.23. The molecule has 0 amide bonds. The quantitative estimate of drug-likeness (QED) is 0.320. The molecule has 3 N–H and O–H groups in total. The van der Waals surface area contributed by atoms with Gasteiger partial charge in [0.2, 0.25) is 0 Å². The Hall–Kier alpha value is -2.11. The summed E-state index contributed by atoms with van der Waals surface area (Å²) in [5.74, 6) is 0.853. The molecule has 0 spiro atoms. The molecule has 15 heavy (non-hydrogen) atoms. The number of oxime groups is 1. The van der Waals surface area contributed by atoms with Crippen molar-refractivity contribution in [3.05, 3.63) is 29.7 Å². The first kappa shape index (κ1) is 9.45. The highest BCUT2D eigenvalue weighted by atomic mass is 16.4. The maximum absolute atomic E-state index is 8.49. The fourth-order valence-corrected chi connectivity index (χ4v) is 1.44. The summed E-state index contributed by atoms with van der Waals surface area (Å²) in [5.41, 5.74) is 7.07. The second-order valence-electron chi connectivity index (χ2n) is 3.23. The molecule has 0 radical (unpaired) electrons. The van der Waals surface area contributed by atoms with Crippen molar-refractivity contribution in [2.45, 2.75) is 13.3 Å². The van der Waals surface area contributed by atoms with E-state index < -0.39 is 0 Å². The van der Waals surface area contributed by atoms with Crippen LogP contribution in [-0.2, 0) is 6.42 Å². The predicted octanol–water partition coefficient (Wildman–Crippen LogP) is 0.327. The van der Waals surface area contributed by atoms with Crippen molar-refractivity contribution in [1.82, 2.24) is 14.6 Å². The standard InChI is InChI=1S/C9H11N5O/c1-6-11-9-7(5-8(10)13-15)3-2-4-14(9)12-6/h2-4,15H,5H2,1H3,(H2,10,13). The number of aromatic nitrogens is 3. The Morgan fingerprint density at radius 2 is 2.47 bits per heavy atom. The number of rotatable bonds is 2. The van der Waals surface area contributed by atoms with Gasteiger partial charge < -0.3 is 10.9 Å². The Morgan fingerprint density at radius 1 is 1.67 bits per heavy atom. The first-order valence-electron chi connectivity index (χ1n) is 4.48. The highest BCUT2D eigenvalue weighted by Gasteiger charge is 2.06. The molecule has 0 atom stereocenters. The van der Waals surface area contributed by atoms with Gasteiger partial charge in [0.15, 0.2) is 5.65 Å². The highest BCUT2D eigenvalue weighted by Crippen LogP contribution is 2.09. The minimum atomic E-state index is 0.156. The van der Waals surface area contributed by atoms with Crippen molar-refractivity contribution in [3.8, 4) is 0 Å². The van der Waals surface area contributed by atoms with Gasteiger partial charge in [-0.2, -0.15) is 5.10 Å². The third kappa shape index (κ3) is 1.74. The van der Waals surface area contributed by atoms with E-state index >= 15 is 0 Å². The molecule has 0 aromatic carbocycles. The topological polar surface area (TPSA) is 88.8 Å². The fraction of sp³-hybridized carbons (Fsp3) is 0.222. The maximum Gasteiger partial charge on any atom is 0.159 e. The summed E-state index contributed by atoms with van der Waals surface area (Å²) < 4.78 is 1.68. The van der Waals surface area contributed by atoms with Gasteiger partial charge >= 0.3 is 0 Å². The van der Waals surface area contributed by atoms with Crippen LogP contribution in [0.1, 0.15) is 11.4 Å². The molecule has 2 rings (SSSR count). The van der Waals surface area contributed by atoms with Crippen LogP contribution in [-0.4, -0.2) is 25.6 Å². The molecule has 6 heteroatoms. The molecule has 2 aromatic rings. The van der Waals surface area contributed by atoms with Gasteiger partial charge in [-0.15, -0.1) is 0 Å². The lowest BCUT2D eigenvalue weighted by molar-refractivity contribution is 0.317. The summed E-state index contributed by atoms with van der Waals surface area (Å²) in [6, 6.07) is 3.72. The lowest BCUT2D eigenvalue weighted by Crippen LogP contribution is -2.15. The number of fused-ring (bicyclic) bond motifs is 1. The Morgan fingerprint density at radius 3 is 3.20 bits per heavy atom. The molecular formula is C9H11N5O. The summed E-state index contributed by atoms with van der Waals surface area (Å²) in [5, 5.41) is 15.6. The molecule has 0 bridgehead atoms. The number of nitrogens with two attached hydrogens (primary N) is 1. The zero-order chi connectivity index (χ0) is 10.8. The number of nitrogens with zero attached hydrogens (tertiary/aromatic N) is 4. The van der Waals surface area contributed by atoms with Gasteiger partial charge in [0.25, 0.3) is 0 Å². The van der Waals surface area contributed by atoms with E-state index in [9.17, 15) is 0 Å². The van der Waals surface area contributed by atoms with Crippen LogP contribution in [0.2, 0.25) is 0 Å². The number of hydrogen-bond acceptors (Lipinski definition) is 4. The van der Waals surface area contributed by atoms with E-state index in [0.717, 1.165) is 11.2 Å². The van der Waals surface area contributed by atoms with Gasteiger partial charge in [-0.05, 0) is 13.0 Å². The maximum atomic E-state index is 8.49. The van der Waals surface area contributed by atoms with Crippen molar-refractivity contribution in [1.29, 1.82) is 0 Å². The van der Waals surface area contributed by atoms with Crippen molar-refractivity contribution in [2.24, 2.45) is 10.9 Å². The smallest absolute Gasteiger partial charge is 0.159 e. The second kappa shape index (κ2) is 3.56. The highest BCUT2D eigenvalue weighted by molar-refractivity contribution is 5.83. The van der Waals surface area contributed by atoms with E-state index in [2.05, 4.69) is 15.2 Å². The molecule has 0 saturated carbocycles. The van der Waals surface area contributed by atoms with Crippen molar-refractivity contribution >= 4 is 11.5 Å². The van der Waals surface area contributed by atoms with E-state index in [1.807, 2.05) is 25.3 Å². The van der Waals surface area contributed by atoms with Crippen LogP contribution in [0.5, 0.6) is 0 Å². The molecule has 0 aliphatic heterocycles. The third-order valence-corrected chi connectivity index (χ3v) is 2.05. The molecule has 2 heterocycles. The molecule has 0 unspecified atom stereocenters. The molecule has 0 saturated heterocycles. The van der Waals surface area contributed by atoms with Gasteiger partial charge in [-0.3, -0.25) is 0 Å². The van der Waals surface area contributed by atoms with Crippen molar-refractivity contribution in [2.75, 3.05) is 0 Å². The molecule has 0 aliphatic rings. The zero-order valence-corrected chi connectivity index (χ0v) is 8.25. The molecule has 78 valence electrons. The average molecular weight is 205 g/mol.